The molecule has 0 atom stereocenters. The average molecular weight is 290 g/mol. The molecule has 1 aromatic heterocycles. The first-order chi connectivity index (χ1) is 9.96. The van der Waals surface area contributed by atoms with E-state index in [1.807, 2.05) is 0 Å². The van der Waals surface area contributed by atoms with Gasteiger partial charge in [-0.25, -0.2) is 9.97 Å². The number of nitrogens with one attached hydrogen (secondary N) is 1. The molecule has 1 aromatic rings. The molecule has 1 N–H and O–H groups in total. The monoisotopic (exact) mass is 290 g/mol. The van der Waals surface area contributed by atoms with Crippen LogP contribution in [0.25, 0.3) is 0 Å². The van der Waals surface area contributed by atoms with Crippen LogP contribution in [0.1, 0.15) is 58.3 Å². The second-order valence-electron chi connectivity index (χ2n) is 6.87. The minimum absolute atomic E-state index is 0.467. The lowest BCUT2D eigenvalue weighted by molar-refractivity contribution is 0.279. The molecule has 21 heavy (non-hydrogen) atoms. The first kappa shape index (κ1) is 16.1. The maximum Gasteiger partial charge on any atom is 0.137 e. The summed E-state index contributed by atoms with van der Waals surface area (Å²) in [4.78, 5) is 11.9. The number of rotatable bonds is 5. The van der Waals surface area contributed by atoms with Gasteiger partial charge in [0.05, 0.1) is 0 Å². The molecule has 1 saturated heterocycles. The lowest BCUT2D eigenvalue weighted by atomic mass is 9.82. The number of aromatic nitrogens is 2. The third-order valence-electron chi connectivity index (χ3n) is 4.44. The summed E-state index contributed by atoms with van der Waals surface area (Å²) in [5.74, 6) is 3.10. The van der Waals surface area contributed by atoms with Gasteiger partial charge in [0.2, 0.25) is 0 Å². The molecular weight excluding hydrogens is 260 g/mol. The lowest BCUT2D eigenvalue weighted by Gasteiger charge is -2.38. The van der Waals surface area contributed by atoms with Gasteiger partial charge in [-0.3, -0.25) is 0 Å². The van der Waals surface area contributed by atoms with E-state index < -0.39 is 0 Å². The Hall–Kier alpha value is -1.32. The summed E-state index contributed by atoms with van der Waals surface area (Å²) >= 11 is 0. The largest absolute Gasteiger partial charge is 0.370 e. The fourth-order valence-electron chi connectivity index (χ4n) is 2.76. The van der Waals surface area contributed by atoms with E-state index in [1.165, 1.54) is 18.4 Å². The Morgan fingerprint density at radius 1 is 1.14 bits per heavy atom. The Kier molecular flexibility index (Phi) is 5.07. The molecule has 0 bridgehead atoms. The Balaban J connectivity index is 2.25. The van der Waals surface area contributed by atoms with E-state index in [9.17, 15) is 0 Å². The van der Waals surface area contributed by atoms with Crippen LogP contribution in [0.2, 0.25) is 0 Å². The zero-order chi connectivity index (χ0) is 15.5. The van der Waals surface area contributed by atoms with Crippen LogP contribution in [0.4, 0.5) is 11.6 Å². The second-order valence-corrected chi connectivity index (χ2v) is 6.87. The number of piperidine rings is 1. The maximum absolute atomic E-state index is 4.81. The molecule has 4 nitrogen and oxygen atoms in total. The van der Waals surface area contributed by atoms with Crippen molar-refractivity contribution in [2.45, 2.75) is 60.3 Å². The van der Waals surface area contributed by atoms with E-state index in [1.54, 1.807) is 0 Å². The Morgan fingerprint density at radius 2 is 1.81 bits per heavy atom. The zero-order valence-electron chi connectivity index (χ0n) is 14.3. The molecule has 118 valence electrons. The van der Waals surface area contributed by atoms with Crippen LogP contribution in [0.5, 0.6) is 0 Å². The van der Waals surface area contributed by atoms with Crippen LogP contribution in [-0.2, 0) is 6.42 Å². The minimum Gasteiger partial charge on any atom is -0.370 e. The van der Waals surface area contributed by atoms with Crippen molar-refractivity contribution in [2.24, 2.45) is 5.41 Å². The summed E-state index contributed by atoms with van der Waals surface area (Å²) in [6, 6.07) is 0. The highest BCUT2D eigenvalue weighted by molar-refractivity contribution is 5.59. The quantitative estimate of drug-likeness (QED) is 0.895. The van der Waals surface area contributed by atoms with Crippen LogP contribution < -0.4 is 10.2 Å². The molecule has 2 heterocycles. The summed E-state index contributed by atoms with van der Waals surface area (Å²) in [5.41, 5.74) is 1.66. The van der Waals surface area contributed by atoms with Gasteiger partial charge in [-0.05, 0) is 31.6 Å². The van der Waals surface area contributed by atoms with Crippen molar-refractivity contribution < 1.29 is 0 Å². The van der Waals surface area contributed by atoms with Crippen LogP contribution in [0.15, 0.2) is 0 Å². The third-order valence-corrected chi connectivity index (χ3v) is 4.44. The van der Waals surface area contributed by atoms with Crippen molar-refractivity contribution in [3.8, 4) is 0 Å². The zero-order valence-corrected chi connectivity index (χ0v) is 14.3. The van der Waals surface area contributed by atoms with E-state index in [2.05, 4.69) is 49.8 Å². The molecule has 1 aliphatic rings. The summed E-state index contributed by atoms with van der Waals surface area (Å²) in [7, 11) is 0. The number of aryl methyl sites for hydroxylation is 1. The summed E-state index contributed by atoms with van der Waals surface area (Å²) in [6.45, 7) is 14.3. The van der Waals surface area contributed by atoms with Crippen LogP contribution in [0, 0.1) is 12.3 Å². The molecular formula is C17H30N4. The predicted octanol–water partition coefficient (Wildman–Crippen LogP) is 3.80. The van der Waals surface area contributed by atoms with Gasteiger partial charge in [-0.15, -0.1) is 0 Å². The van der Waals surface area contributed by atoms with Crippen molar-refractivity contribution in [3.63, 3.8) is 0 Å². The van der Waals surface area contributed by atoms with Crippen molar-refractivity contribution in [1.82, 2.24) is 9.97 Å². The van der Waals surface area contributed by atoms with Gasteiger partial charge in [0, 0.05) is 31.6 Å². The normalized spacial score (nSPS) is 17.9. The molecule has 0 radical (unpaired) electrons. The van der Waals surface area contributed by atoms with Gasteiger partial charge in [0.25, 0.3) is 0 Å². The third kappa shape index (κ3) is 3.86. The fraction of sp³-hybridized carbons (Fsp3) is 0.765. The van der Waals surface area contributed by atoms with E-state index in [0.717, 1.165) is 49.9 Å². The second kappa shape index (κ2) is 6.63. The van der Waals surface area contributed by atoms with Gasteiger partial charge in [-0.2, -0.15) is 0 Å². The van der Waals surface area contributed by atoms with Crippen molar-refractivity contribution in [1.29, 1.82) is 0 Å². The Morgan fingerprint density at radius 3 is 2.38 bits per heavy atom. The highest BCUT2D eigenvalue weighted by Gasteiger charge is 2.27. The number of hydrogen-bond donors (Lipinski definition) is 1. The van der Waals surface area contributed by atoms with Gasteiger partial charge >= 0.3 is 0 Å². The molecule has 1 fully saturated rings. The van der Waals surface area contributed by atoms with Crippen LogP contribution in [-0.4, -0.2) is 29.6 Å². The van der Waals surface area contributed by atoms with Crippen molar-refractivity contribution in [2.75, 3.05) is 29.9 Å². The van der Waals surface area contributed by atoms with E-state index in [-0.39, 0.29) is 0 Å². The minimum atomic E-state index is 0.467. The van der Waals surface area contributed by atoms with Crippen LogP contribution >= 0.6 is 0 Å². The summed E-state index contributed by atoms with van der Waals surface area (Å²) in [6.07, 6.45) is 4.46. The summed E-state index contributed by atoms with van der Waals surface area (Å²) < 4.78 is 0. The lowest BCUT2D eigenvalue weighted by Crippen LogP contribution is -2.38. The predicted molar refractivity (Wildman–Crippen MR) is 90.2 cm³/mol. The molecule has 0 aromatic carbocycles. The number of nitrogens with zero attached hydrogens (tertiary/aromatic N) is 3. The standard InChI is InChI=1S/C17H30N4/c1-6-10-18-15-13(3)16(20-14(7-2)19-15)21-11-8-17(4,5)9-12-21/h6-12H2,1-5H3,(H,18,19,20). The van der Waals surface area contributed by atoms with Crippen molar-refractivity contribution in [3.05, 3.63) is 11.4 Å². The number of anilines is 2. The Labute approximate surface area is 129 Å². The molecule has 4 heteroatoms. The fourth-order valence-corrected chi connectivity index (χ4v) is 2.76. The smallest absolute Gasteiger partial charge is 0.137 e. The highest BCUT2D eigenvalue weighted by atomic mass is 15.2. The van der Waals surface area contributed by atoms with Crippen LogP contribution in [0.3, 0.4) is 0 Å². The van der Waals surface area contributed by atoms with Gasteiger partial charge in [-0.1, -0.05) is 27.7 Å². The highest BCUT2D eigenvalue weighted by Crippen LogP contribution is 2.33. The SMILES string of the molecule is CCCNc1nc(CC)nc(N2CCC(C)(C)CC2)c1C. The Bertz CT molecular complexity index is 472. The molecule has 0 amide bonds. The molecule has 1 aliphatic heterocycles. The topological polar surface area (TPSA) is 41.1 Å². The van der Waals surface area contributed by atoms with Crippen molar-refractivity contribution >= 4 is 11.6 Å². The molecule has 0 aliphatic carbocycles. The first-order valence-corrected chi connectivity index (χ1v) is 8.33. The molecule has 2 rings (SSSR count). The van der Waals surface area contributed by atoms with E-state index in [4.69, 9.17) is 4.98 Å². The van der Waals surface area contributed by atoms with Gasteiger partial charge < -0.3 is 10.2 Å². The van der Waals surface area contributed by atoms with E-state index in [0.29, 0.717) is 5.41 Å². The number of hydrogen-bond acceptors (Lipinski definition) is 4. The van der Waals surface area contributed by atoms with Gasteiger partial charge in [0.15, 0.2) is 0 Å². The average Bonchev–Trinajstić information content (AvgIpc) is 2.46. The maximum atomic E-state index is 4.81. The first-order valence-electron chi connectivity index (χ1n) is 8.33. The summed E-state index contributed by atoms with van der Waals surface area (Å²) in [5, 5.41) is 3.46. The molecule has 0 spiro atoms. The molecule has 0 unspecified atom stereocenters. The molecule has 0 saturated carbocycles. The van der Waals surface area contributed by atoms with Gasteiger partial charge in [0.1, 0.15) is 17.5 Å². The van der Waals surface area contributed by atoms with E-state index >= 15 is 0 Å².